The monoisotopic (exact) mass is 273 g/mol. The molecule has 0 bridgehead atoms. The van der Waals surface area contributed by atoms with Crippen molar-refractivity contribution in [1.29, 1.82) is 0 Å². The lowest BCUT2D eigenvalue weighted by molar-refractivity contribution is -0.132. The summed E-state index contributed by atoms with van der Waals surface area (Å²) >= 11 is 0. The van der Waals surface area contributed by atoms with E-state index in [4.69, 9.17) is 5.11 Å². The van der Waals surface area contributed by atoms with Crippen LogP contribution in [0.25, 0.3) is 0 Å². The van der Waals surface area contributed by atoms with E-state index in [0.717, 1.165) is 0 Å². The second-order valence-corrected chi connectivity index (χ2v) is 4.45. The zero-order valence-corrected chi connectivity index (χ0v) is 10.4. The number of fused-ring (bicyclic) bond motifs is 3. The van der Waals surface area contributed by atoms with Gasteiger partial charge in [0.1, 0.15) is 5.84 Å². The molecule has 2 heterocycles. The fourth-order valence-electron chi connectivity index (χ4n) is 2.32. The first-order valence-electron chi connectivity index (χ1n) is 5.94. The van der Waals surface area contributed by atoms with Gasteiger partial charge in [-0.2, -0.15) is 0 Å². The van der Waals surface area contributed by atoms with Crippen LogP contribution < -0.4 is 9.80 Å². The van der Waals surface area contributed by atoms with E-state index in [1.165, 1.54) is 11.1 Å². The third kappa shape index (κ3) is 1.80. The molecule has 7 heteroatoms. The van der Waals surface area contributed by atoms with Crippen LogP contribution >= 0.6 is 0 Å². The summed E-state index contributed by atoms with van der Waals surface area (Å²) in [4.78, 5) is 29.4. The van der Waals surface area contributed by atoms with Crippen LogP contribution in [0.4, 0.5) is 16.2 Å². The van der Waals surface area contributed by atoms with E-state index >= 15 is 0 Å². The van der Waals surface area contributed by atoms with Gasteiger partial charge in [0.15, 0.2) is 0 Å². The Morgan fingerprint density at radius 2 is 1.80 bits per heavy atom. The van der Waals surface area contributed by atoms with Gasteiger partial charge in [0.25, 0.3) is 0 Å². The van der Waals surface area contributed by atoms with E-state index in [-0.39, 0.29) is 18.7 Å². The minimum Gasteiger partial charge on any atom is -0.478 e. The number of nitrogens with zero attached hydrogens (tertiary/aromatic N) is 3. The Kier molecular flexibility index (Phi) is 2.67. The molecule has 2 aliphatic heterocycles. The molecule has 0 fully saturated rings. The summed E-state index contributed by atoms with van der Waals surface area (Å²) in [6, 6.07) is 6.97. The highest BCUT2D eigenvalue weighted by molar-refractivity contribution is 6.13. The topological polar surface area (TPSA) is 93.4 Å². The van der Waals surface area contributed by atoms with Crippen molar-refractivity contribution >= 4 is 29.3 Å². The van der Waals surface area contributed by atoms with Gasteiger partial charge in [0, 0.05) is 6.20 Å². The number of aliphatic imine (C=N–C) groups is 1. The number of benzene rings is 1. The van der Waals surface area contributed by atoms with Crippen molar-refractivity contribution in [3.63, 3.8) is 0 Å². The lowest BCUT2D eigenvalue weighted by atomic mass is 10.1. The Morgan fingerprint density at radius 3 is 2.45 bits per heavy atom. The smallest absolute Gasteiger partial charge is 0.412 e. The number of amidine groups is 1. The molecule has 3 rings (SSSR count). The predicted molar refractivity (Wildman–Crippen MR) is 72.3 cm³/mol. The van der Waals surface area contributed by atoms with Gasteiger partial charge in [0.05, 0.1) is 30.0 Å². The van der Waals surface area contributed by atoms with Crippen LogP contribution in [-0.2, 0) is 4.79 Å². The molecule has 0 radical (unpaired) electrons. The predicted octanol–water partition coefficient (Wildman–Crippen LogP) is 1.37. The molecule has 1 aromatic rings. The molecule has 7 nitrogen and oxygen atoms in total. The number of rotatable bonds is 1. The highest BCUT2D eigenvalue weighted by atomic mass is 16.4. The molecule has 1 amide bonds. The first kappa shape index (κ1) is 12.2. The molecule has 0 saturated heterocycles. The van der Waals surface area contributed by atoms with Gasteiger partial charge in [-0.25, -0.2) is 14.6 Å². The van der Waals surface area contributed by atoms with Gasteiger partial charge in [0.2, 0.25) is 0 Å². The van der Waals surface area contributed by atoms with E-state index in [1.807, 2.05) is 0 Å². The number of hydrogen-bond acceptors (Lipinski definition) is 4. The van der Waals surface area contributed by atoms with Crippen LogP contribution in [0, 0.1) is 0 Å². The average molecular weight is 273 g/mol. The number of carboxylic acids is 1. The molecule has 2 N–H and O–H groups in total. The van der Waals surface area contributed by atoms with Gasteiger partial charge in [-0.1, -0.05) is 12.1 Å². The van der Waals surface area contributed by atoms with Crippen LogP contribution in [-0.4, -0.2) is 41.2 Å². The molecule has 0 atom stereocenters. The van der Waals surface area contributed by atoms with E-state index < -0.39 is 12.1 Å². The van der Waals surface area contributed by atoms with Crippen molar-refractivity contribution in [3.05, 3.63) is 36.0 Å². The second kappa shape index (κ2) is 4.37. The van der Waals surface area contributed by atoms with Crippen LogP contribution in [0.2, 0.25) is 0 Å². The maximum atomic E-state index is 11.3. The summed E-state index contributed by atoms with van der Waals surface area (Å²) in [6.07, 6.45) is 0.218. The maximum Gasteiger partial charge on any atom is 0.412 e. The molecule has 102 valence electrons. The lowest BCUT2D eigenvalue weighted by Gasteiger charge is -2.38. The Bertz CT molecular complexity index is 665. The summed E-state index contributed by atoms with van der Waals surface area (Å²) < 4.78 is 0. The SMILES string of the molecule is O=C(O)C1=CN=C2CN(C(=O)O)c3ccccc3N2C1. The highest BCUT2D eigenvalue weighted by Gasteiger charge is 2.33. The van der Waals surface area contributed by atoms with Crippen LogP contribution in [0.5, 0.6) is 0 Å². The normalized spacial score (nSPS) is 16.8. The quantitative estimate of drug-likeness (QED) is 0.806. The number of carbonyl (C=O) groups is 2. The lowest BCUT2D eigenvalue weighted by Crippen LogP contribution is -2.49. The fraction of sp³-hybridized carbons (Fsp3) is 0.154. The van der Waals surface area contributed by atoms with Crippen LogP contribution in [0.1, 0.15) is 0 Å². The zero-order valence-electron chi connectivity index (χ0n) is 10.4. The molecule has 0 spiro atoms. The summed E-state index contributed by atoms with van der Waals surface area (Å²) in [6.45, 7) is 0.286. The van der Waals surface area contributed by atoms with E-state index in [9.17, 15) is 14.7 Å². The third-order valence-electron chi connectivity index (χ3n) is 3.28. The van der Waals surface area contributed by atoms with Gasteiger partial charge in [-0.05, 0) is 12.1 Å². The molecule has 20 heavy (non-hydrogen) atoms. The summed E-state index contributed by atoms with van der Waals surface area (Å²) in [5.74, 6) is -0.498. The van der Waals surface area contributed by atoms with Crippen molar-refractivity contribution in [2.45, 2.75) is 0 Å². The van der Waals surface area contributed by atoms with Gasteiger partial charge in [-0.3, -0.25) is 4.90 Å². The highest BCUT2D eigenvalue weighted by Crippen LogP contribution is 2.35. The fourth-order valence-corrected chi connectivity index (χ4v) is 2.32. The molecule has 0 saturated carbocycles. The Labute approximate surface area is 114 Å². The summed E-state index contributed by atoms with van der Waals surface area (Å²) in [7, 11) is 0. The van der Waals surface area contributed by atoms with Crippen molar-refractivity contribution in [2.75, 3.05) is 22.9 Å². The minimum absolute atomic E-state index is 0.107. The van der Waals surface area contributed by atoms with Crippen molar-refractivity contribution < 1.29 is 19.8 Å². The molecule has 0 aromatic heterocycles. The van der Waals surface area contributed by atoms with E-state index in [0.29, 0.717) is 17.2 Å². The minimum atomic E-state index is -1.06. The molecular weight excluding hydrogens is 262 g/mol. The number of hydrogen-bond donors (Lipinski definition) is 2. The average Bonchev–Trinajstić information content (AvgIpc) is 2.45. The number of aliphatic carboxylic acids is 1. The zero-order chi connectivity index (χ0) is 14.3. The van der Waals surface area contributed by atoms with Gasteiger partial charge in [-0.15, -0.1) is 0 Å². The first-order chi connectivity index (χ1) is 9.58. The number of amides is 1. The maximum absolute atomic E-state index is 11.3. The van der Waals surface area contributed by atoms with Crippen molar-refractivity contribution in [3.8, 4) is 0 Å². The molecular formula is C13H11N3O4. The van der Waals surface area contributed by atoms with Crippen LogP contribution in [0.15, 0.2) is 41.0 Å². The number of carboxylic acid groups (broad SMARTS) is 2. The van der Waals surface area contributed by atoms with Gasteiger partial charge < -0.3 is 15.1 Å². The molecule has 0 aliphatic carbocycles. The molecule has 2 aliphatic rings. The third-order valence-corrected chi connectivity index (χ3v) is 3.28. The number of para-hydroxylation sites is 2. The van der Waals surface area contributed by atoms with Crippen molar-refractivity contribution in [2.24, 2.45) is 4.99 Å². The second-order valence-electron chi connectivity index (χ2n) is 4.45. The Balaban J connectivity index is 2.09. The number of anilines is 2. The van der Waals surface area contributed by atoms with E-state index in [2.05, 4.69) is 4.99 Å². The summed E-state index contributed by atoms with van der Waals surface area (Å²) in [5.41, 5.74) is 1.35. The van der Waals surface area contributed by atoms with E-state index in [1.54, 1.807) is 29.2 Å². The molecule has 0 unspecified atom stereocenters. The Morgan fingerprint density at radius 1 is 1.10 bits per heavy atom. The Hall–Kier alpha value is -2.83. The standard InChI is InChI=1S/C13H11N3O4/c17-12(18)8-5-14-11-7-16(13(19)20)10-4-2-1-3-9(10)15(11)6-8/h1-5H,6-7H2,(H,17,18)(H,19,20). The largest absolute Gasteiger partial charge is 0.478 e. The summed E-state index contributed by atoms with van der Waals surface area (Å²) in [5, 5.41) is 18.3. The van der Waals surface area contributed by atoms with Crippen molar-refractivity contribution in [1.82, 2.24) is 0 Å². The van der Waals surface area contributed by atoms with Crippen LogP contribution in [0.3, 0.4) is 0 Å². The van der Waals surface area contributed by atoms with Gasteiger partial charge >= 0.3 is 12.1 Å². The first-order valence-corrected chi connectivity index (χ1v) is 5.94. The molecule has 1 aromatic carbocycles.